The zero-order chi connectivity index (χ0) is 13.0. The monoisotopic (exact) mass is 313 g/mol. The average Bonchev–Trinajstić information content (AvgIpc) is 2.88. The van der Waals surface area contributed by atoms with E-state index in [1.54, 1.807) is 0 Å². The molecule has 1 heterocycles. The normalized spacial score (nSPS) is 16.2. The first-order valence-electron chi connectivity index (χ1n) is 6.65. The van der Waals surface area contributed by atoms with Crippen LogP contribution in [0, 0.1) is 0 Å². The number of aliphatic hydroxyl groups excluding tert-OH is 1. The Hall–Kier alpha value is -0.680. The highest BCUT2D eigenvalue weighted by molar-refractivity contribution is 9.10. The van der Waals surface area contributed by atoms with Gasteiger partial charge in [-0.15, -0.1) is 0 Å². The fourth-order valence-electron chi connectivity index (χ4n) is 2.56. The van der Waals surface area contributed by atoms with E-state index in [2.05, 4.69) is 37.7 Å². The molecule has 1 N–H and O–H groups in total. The Morgan fingerprint density at radius 1 is 1.39 bits per heavy atom. The molecule has 0 amide bonds. The Morgan fingerprint density at radius 3 is 2.72 bits per heavy atom. The van der Waals surface area contributed by atoms with Crippen molar-refractivity contribution in [3.05, 3.63) is 16.5 Å². The molecule has 100 valence electrons. The number of anilines is 1. The van der Waals surface area contributed by atoms with E-state index in [4.69, 9.17) is 0 Å². The van der Waals surface area contributed by atoms with Crippen LogP contribution in [0.3, 0.4) is 0 Å². The molecule has 5 heteroatoms. The molecule has 0 radical (unpaired) electrons. The zero-order valence-corrected chi connectivity index (χ0v) is 12.4. The van der Waals surface area contributed by atoms with Gasteiger partial charge in [0.2, 0.25) is 0 Å². The van der Waals surface area contributed by atoms with Gasteiger partial charge in [-0.3, -0.25) is 0 Å². The molecule has 0 atom stereocenters. The van der Waals surface area contributed by atoms with Gasteiger partial charge in [0.05, 0.1) is 6.61 Å². The van der Waals surface area contributed by atoms with Crippen LogP contribution in [0.2, 0.25) is 0 Å². The number of hydrogen-bond acceptors (Lipinski definition) is 4. The number of aliphatic hydroxyl groups is 1. The lowest BCUT2D eigenvalue weighted by Gasteiger charge is -2.29. The van der Waals surface area contributed by atoms with Crippen LogP contribution in [0.1, 0.15) is 38.4 Å². The quantitative estimate of drug-likeness (QED) is 0.849. The van der Waals surface area contributed by atoms with Crippen LogP contribution in [-0.2, 0) is 6.42 Å². The number of halogens is 1. The molecule has 4 nitrogen and oxygen atoms in total. The van der Waals surface area contributed by atoms with Crippen LogP contribution < -0.4 is 4.90 Å². The fraction of sp³-hybridized carbons (Fsp3) is 0.692. The van der Waals surface area contributed by atoms with Gasteiger partial charge in [-0.2, -0.15) is 0 Å². The molecule has 1 aliphatic carbocycles. The molecule has 1 aliphatic rings. The second kappa shape index (κ2) is 6.48. The first-order valence-corrected chi connectivity index (χ1v) is 7.45. The van der Waals surface area contributed by atoms with Crippen LogP contribution in [-0.4, -0.2) is 34.3 Å². The van der Waals surface area contributed by atoms with Crippen LogP contribution >= 0.6 is 15.9 Å². The maximum absolute atomic E-state index is 9.26. The van der Waals surface area contributed by atoms with Crippen LogP contribution in [0.25, 0.3) is 0 Å². The molecule has 0 aliphatic heterocycles. The lowest BCUT2D eigenvalue weighted by molar-refractivity contribution is 0.296. The number of rotatable bonds is 5. The maximum atomic E-state index is 9.26. The summed E-state index contributed by atoms with van der Waals surface area (Å²) in [6.45, 7) is 2.87. The molecule has 0 bridgehead atoms. The Bertz CT molecular complexity index is 394. The average molecular weight is 314 g/mol. The zero-order valence-electron chi connectivity index (χ0n) is 10.8. The van der Waals surface area contributed by atoms with Gasteiger partial charge in [-0.05, 0) is 28.8 Å². The topological polar surface area (TPSA) is 49.2 Å². The minimum atomic E-state index is 0.166. The molecule has 0 unspecified atom stereocenters. The number of aryl methyl sites for hydroxylation is 1. The second-order valence-corrected chi connectivity index (χ2v) is 5.49. The SMILES string of the molecule is CCc1nc(Br)cc(N(CCO)C2CCCC2)n1. The maximum Gasteiger partial charge on any atom is 0.133 e. The summed E-state index contributed by atoms with van der Waals surface area (Å²) in [6, 6.07) is 2.47. The highest BCUT2D eigenvalue weighted by atomic mass is 79.9. The molecular formula is C13H20BrN3O. The summed E-state index contributed by atoms with van der Waals surface area (Å²) in [5.41, 5.74) is 0. The number of nitrogens with zero attached hydrogens (tertiary/aromatic N) is 3. The summed E-state index contributed by atoms with van der Waals surface area (Å²) in [5, 5.41) is 9.26. The first-order chi connectivity index (χ1) is 8.74. The summed E-state index contributed by atoms with van der Waals surface area (Å²) in [4.78, 5) is 11.2. The van der Waals surface area contributed by atoms with Crippen LogP contribution in [0.4, 0.5) is 5.82 Å². The van der Waals surface area contributed by atoms with Crippen molar-refractivity contribution in [3.63, 3.8) is 0 Å². The first kappa shape index (κ1) is 13.7. The van der Waals surface area contributed by atoms with Crippen molar-refractivity contribution in [2.75, 3.05) is 18.1 Å². The van der Waals surface area contributed by atoms with E-state index in [0.717, 1.165) is 22.7 Å². The third-order valence-corrected chi connectivity index (χ3v) is 3.85. The molecule has 0 spiro atoms. The van der Waals surface area contributed by atoms with Gasteiger partial charge in [-0.25, -0.2) is 9.97 Å². The molecule has 1 aromatic heterocycles. The molecule has 18 heavy (non-hydrogen) atoms. The van der Waals surface area contributed by atoms with E-state index in [9.17, 15) is 5.11 Å². The minimum Gasteiger partial charge on any atom is -0.395 e. The number of hydrogen-bond donors (Lipinski definition) is 1. The van der Waals surface area contributed by atoms with Gasteiger partial charge in [-0.1, -0.05) is 19.8 Å². The lowest BCUT2D eigenvalue weighted by atomic mass is 10.2. The van der Waals surface area contributed by atoms with E-state index < -0.39 is 0 Å². The van der Waals surface area contributed by atoms with Crippen molar-refractivity contribution in [1.82, 2.24) is 9.97 Å². The van der Waals surface area contributed by atoms with Gasteiger partial charge in [0.1, 0.15) is 16.2 Å². The summed E-state index contributed by atoms with van der Waals surface area (Å²) in [7, 11) is 0. The molecular weight excluding hydrogens is 294 g/mol. The van der Waals surface area contributed by atoms with Gasteiger partial charge in [0.15, 0.2) is 0 Å². The molecule has 2 rings (SSSR count). The Kier molecular flexibility index (Phi) is 4.95. The van der Waals surface area contributed by atoms with Crippen molar-refractivity contribution >= 4 is 21.7 Å². The molecule has 0 saturated heterocycles. The van der Waals surface area contributed by atoms with Crippen molar-refractivity contribution in [3.8, 4) is 0 Å². The third kappa shape index (κ3) is 3.20. The van der Waals surface area contributed by atoms with Crippen LogP contribution in [0.15, 0.2) is 10.7 Å². The van der Waals surface area contributed by atoms with E-state index in [0.29, 0.717) is 12.6 Å². The van der Waals surface area contributed by atoms with Gasteiger partial charge < -0.3 is 10.0 Å². The van der Waals surface area contributed by atoms with E-state index in [1.165, 1.54) is 25.7 Å². The van der Waals surface area contributed by atoms with E-state index >= 15 is 0 Å². The summed E-state index contributed by atoms with van der Waals surface area (Å²) >= 11 is 3.44. The standard InChI is InChI=1S/C13H20BrN3O/c1-2-12-15-11(14)9-13(16-12)17(7-8-18)10-5-3-4-6-10/h9-10,18H,2-8H2,1H3. The lowest BCUT2D eigenvalue weighted by Crippen LogP contribution is -2.36. The van der Waals surface area contributed by atoms with Crippen molar-refractivity contribution < 1.29 is 5.11 Å². The Balaban J connectivity index is 2.25. The minimum absolute atomic E-state index is 0.166. The Morgan fingerprint density at radius 2 is 2.11 bits per heavy atom. The molecule has 1 aromatic rings. The van der Waals surface area contributed by atoms with Gasteiger partial charge in [0.25, 0.3) is 0 Å². The molecule has 1 fully saturated rings. The predicted octanol–water partition coefficient (Wildman–Crippen LogP) is 2.54. The summed E-state index contributed by atoms with van der Waals surface area (Å²) < 4.78 is 0.824. The third-order valence-electron chi connectivity index (χ3n) is 3.44. The summed E-state index contributed by atoms with van der Waals surface area (Å²) in [6.07, 6.45) is 5.77. The highest BCUT2D eigenvalue weighted by Crippen LogP contribution is 2.28. The number of aromatic nitrogens is 2. The largest absolute Gasteiger partial charge is 0.395 e. The summed E-state index contributed by atoms with van der Waals surface area (Å²) in [5.74, 6) is 1.79. The van der Waals surface area contributed by atoms with Crippen molar-refractivity contribution in [1.29, 1.82) is 0 Å². The predicted molar refractivity (Wildman–Crippen MR) is 75.8 cm³/mol. The van der Waals surface area contributed by atoms with Gasteiger partial charge in [0, 0.05) is 25.1 Å². The fourth-order valence-corrected chi connectivity index (χ4v) is 2.97. The van der Waals surface area contributed by atoms with Crippen molar-refractivity contribution in [2.24, 2.45) is 0 Å². The molecule has 1 saturated carbocycles. The molecule has 0 aromatic carbocycles. The second-order valence-electron chi connectivity index (χ2n) is 4.67. The van der Waals surface area contributed by atoms with Crippen molar-refractivity contribution in [2.45, 2.75) is 45.1 Å². The smallest absolute Gasteiger partial charge is 0.133 e. The van der Waals surface area contributed by atoms with E-state index in [1.807, 2.05) is 6.07 Å². The van der Waals surface area contributed by atoms with Crippen LogP contribution in [0.5, 0.6) is 0 Å². The Labute approximate surface area is 117 Å². The van der Waals surface area contributed by atoms with Gasteiger partial charge >= 0.3 is 0 Å². The highest BCUT2D eigenvalue weighted by Gasteiger charge is 2.23. The van der Waals surface area contributed by atoms with E-state index in [-0.39, 0.29) is 6.61 Å².